The smallest absolute Gasteiger partial charge is 0.335 e. The Morgan fingerprint density at radius 1 is 1.10 bits per heavy atom. The third-order valence-corrected chi connectivity index (χ3v) is 5.10. The lowest BCUT2D eigenvalue weighted by Crippen LogP contribution is -2.15. The summed E-state index contributed by atoms with van der Waals surface area (Å²) in [5.41, 5.74) is 4.82. The quantitative estimate of drug-likeness (QED) is 0.686. The van der Waals surface area contributed by atoms with Crippen molar-refractivity contribution in [2.75, 3.05) is 0 Å². The van der Waals surface area contributed by atoms with Gasteiger partial charge in [-0.2, -0.15) is 0 Å². The van der Waals surface area contributed by atoms with E-state index in [0.717, 1.165) is 16.8 Å². The standard InChI is InChI=1S/C25H20N2O3/c1-27-16-20(14-18-10-12-19(13-11-18)25(29)30)24(28)23-22(27)15-21(26-23)9-5-8-17-6-3-2-4-7-17/h2-4,6-7,10-13,16H,8,14-15H2,1H3,(H,29,30). The molecule has 30 heavy (non-hydrogen) atoms. The van der Waals surface area contributed by atoms with E-state index in [0.29, 0.717) is 36.2 Å². The summed E-state index contributed by atoms with van der Waals surface area (Å²) >= 11 is 0. The van der Waals surface area contributed by atoms with Crippen LogP contribution in [0.25, 0.3) is 0 Å². The van der Waals surface area contributed by atoms with Gasteiger partial charge in [-0.1, -0.05) is 54.3 Å². The molecule has 0 amide bonds. The summed E-state index contributed by atoms with van der Waals surface area (Å²) in [7, 11) is 1.91. The second kappa shape index (κ2) is 8.22. The van der Waals surface area contributed by atoms with Gasteiger partial charge in [-0.25, -0.2) is 9.79 Å². The van der Waals surface area contributed by atoms with Gasteiger partial charge >= 0.3 is 5.97 Å². The number of carboxylic acids is 1. The molecule has 5 nitrogen and oxygen atoms in total. The highest BCUT2D eigenvalue weighted by Crippen LogP contribution is 2.23. The number of rotatable bonds is 4. The zero-order valence-electron chi connectivity index (χ0n) is 16.6. The van der Waals surface area contributed by atoms with Crippen LogP contribution in [0.15, 0.2) is 70.6 Å². The highest BCUT2D eigenvalue weighted by atomic mass is 16.4. The average Bonchev–Trinajstić information content (AvgIpc) is 3.18. The highest BCUT2D eigenvalue weighted by Gasteiger charge is 2.21. The van der Waals surface area contributed by atoms with Gasteiger partial charge in [-0.3, -0.25) is 4.79 Å². The summed E-state index contributed by atoms with van der Waals surface area (Å²) in [4.78, 5) is 28.5. The van der Waals surface area contributed by atoms with Gasteiger partial charge in [0.1, 0.15) is 5.69 Å². The van der Waals surface area contributed by atoms with Crippen LogP contribution < -0.4 is 5.43 Å². The number of fused-ring (bicyclic) bond motifs is 1. The van der Waals surface area contributed by atoms with Crippen LogP contribution in [0.1, 0.15) is 32.7 Å². The predicted molar refractivity (Wildman–Crippen MR) is 117 cm³/mol. The van der Waals surface area contributed by atoms with E-state index in [2.05, 4.69) is 16.8 Å². The average molecular weight is 396 g/mol. The second-order valence-electron chi connectivity index (χ2n) is 7.27. The number of hydrogen-bond donors (Lipinski definition) is 1. The number of aromatic nitrogens is 1. The molecule has 1 N–H and O–H groups in total. The van der Waals surface area contributed by atoms with Crippen molar-refractivity contribution in [2.45, 2.75) is 19.3 Å². The minimum absolute atomic E-state index is 0.0923. The number of carbonyl (C=O) groups is 1. The Morgan fingerprint density at radius 3 is 2.53 bits per heavy atom. The third-order valence-electron chi connectivity index (χ3n) is 5.10. The van der Waals surface area contributed by atoms with E-state index in [1.165, 1.54) is 0 Å². The van der Waals surface area contributed by atoms with Crippen molar-refractivity contribution in [3.05, 3.63) is 99.0 Å². The molecule has 0 saturated heterocycles. The maximum absolute atomic E-state index is 13.0. The van der Waals surface area contributed by atoms with E-state index in [9.17, 15) is 9.59 Å². The molecule has 4 rings (SSSR count). The lowest BCUT2D eigenvalue weighted by Gasteiger charge is -2.09. The summed E-state index contributed by atoms with van der Waals surface area (Å²) in [6.45, 7) is 0. The minimum Gasteiger partial charge on any atom is -0.478 e. The van der Waals surface area contributed by atoms with Gasteiger partial charge in [0.25, 0.3) is 0 Å². The van der Waals surface area contributed by atoms with Crippen LogP contribution in [0.3, 0.4) is 0 Å². The highest BCUT2D eigenvalue weighted by molar-refractivity contribution is 6.06. The summed E-state index contributed by atoms with van der Waals surface area (Å²) in [5.74, 6) is 5.29. The van der Waals surface area contributed by atoms with Crippen LogP contribution in [0.4, 0.5) is 5.69 Å². The largest absolute Gasteiger partial charge is 0.478 e. The number of carboxylic acid groups (broad SMARTS) is 1. The molecule has 0 bridgehead atoms. The van der Waals surface area contributed by atoms with Crippen LogP contribution in [0, 0.1) is 11.8 Å². The molecule has 0 saturated carbocycles. The topological polar surface area (TPSA) is 71.7 Å². The van der Waals surface area contributed by atoms with Crippen LogP contribution in [-0.2, 0) is 26.3 Å². The van der Waals surface area contributed by atoms with E-state index in [1.54, 1.807) is 24.3 Å². The SMILES string of the molecule is Cn1cc(Cc2ccc(C(=O)O)cc2)c(=O)c2c1CC(C#CCc1ccccc1)=N2. The molecule has 0 unspecified atom stereocenters. The molecule has 0 atom stereocenters. The van der Waals surface area contributed by atoms with E-state index in [1.807, 2.05) is 48.1 Å². The summed E-state index contributed by atoms with van der Waals surface area (Å²) < 4.78 is 1.94. The van der Waals surface area contributed by atoms with E-state index in [-0.39, 0.29) is 11.0 Å². The molecule has 148 valence electrons. The first kappa shape index (κ1) is 19.4. The first-order valence-electron chi connectivity index (χ1n) is 9.65. The number of benzene rings is 2. The van der Waals surface area contributed by atoms with Crippen molar-refractivity contribution in [1.82, 2.24) is 4.57 Å². The number of aliphatic imine (C=N–C) groups is 1. The first-order valence-corrected chi connectivity index (χ1v) is 9.65. The van der Waals surface area contributed by atoms with Gasteiger partial charge in [0, 0.05) is 38.1 Å². The fourth-order valence-electron chi connectivity index (χ4n) is 3.50. The number of aromatic carboxylic acids is 1. The van der Waals surface area contributed by atoms with Gasteiger partial charge in [-0.05, 0) is 23.3 Å². The van der Waals surface area contributed by atoms with Gasteiger partial charge in [0.15, 0.2) is 0 Å². The van der Waals surface area contributed by atoms with Gasteiger partial charge < -0.3 is 9.67 Å². The molecule has 2 heterocycles. The lowest BCUT2D eigenvalue weighted by atomic mass is 10.0. The molecule has 1 aromatic heterocycles. The monoisotopic (exact) mass is 396 g/mol. The molecule has 0 fully saturated rings. The molecular weight excluding hydrogens is 376 g/mol. The minimum atomic E-state index is -0.967. The number of pyridine rings is 1. The molecule has 0 spiro atoms. The number of hydrogen-bond acceptors (Lipinski definition) is 3. The van der Waals surface area contributed by atoms with Crippen molar-refractivity contribution in [3.8, 4) is 11.8 Å². The van der Waals surface area contributed by atoms with Crippen molar-refractivity contribution in [2.24, 2.45) is 12.0 Å². The normalized spacial score (nSPS) is 12.0. The first-order chi connectivity index (χ1) is 14.5. The Kier molecular flexibility index (Phi) is 5.32. The third kappa shape index (κ3) is 4.08. The molecule has 0 aliphatic carbocycles. The summed E-state index contributed by atoms with van der Waals surface area (Å²) in [5, 5.41) is 9.02. The van der Waals surface area contributed by atoms with Crippen LogP contribution in [0.2, 0.25) is 0 Å². The molecule has 0 radical (unpaired) electrons. The van der Waals surface area contributed by atoms with Crippen LogP contribution in [-0.4, -0.2) is 21.4 Å². The van der Waals surface area contributed by atoms with Crippen molar-refractivity contribution < 1.29 is 9.90 Å². The van der Waals surface area contributed by atoms with Gasteiger partial charge in [0.05, 0.1) is 17.0 Å². The van der Waals surface area contributed by atoms with Crippen molar-refractivity contribution in [1.29, 1.82) is 0 Å². The Bertz CT molecular complexity index is 1260. The molecule has 3 aromatic rings. The maximum atomic E-state index is 13.0. The predicted octanol–water partition coefficient (Wildman–Crippen LogP) is 3.55. The van der Waals surface area contributed by atoms with Crippen molar-refractivity contribution in [3.63, 3.8) is 0 Å². The van der Waals surface area contributed by atoms with Crippen molar-refractivity contribution >= 4 is 17.4 Å². The Hall–Kier alpha value is -3.91. The molecule has 1 aliphatic heterocycles. The zero-order chi connectivity index (χ0) is 21.1. The zero-order valence-corrected chi connectivity index (χ0v) is 16.6. The van der Waals surface area contributed by atoms with E-state index >= 15 is 0 Å². The summed E-state index contributed by atoms with van der Waals surface area (Å²) in [6, 6.07) is 16.6. The molecule has 5 heteroatoms. The van der Waals surface area contributed by atoms with Gasteiger partial charge in [0.2, 0.25) is 5.43 Å². The Balaban J connectivity index is 1.56. The Labute approximate surface area is 174 Å². The molecule has 1 aliphatic rings. The lowest BCUT2D eigenvalue weighted by molar-refractivity contribution is 0.0697. The Morgan fingerprint density at radius 2 is 1.83 bits per heavy atom. The molecule has 2 aromatic carbocycles. The van der Waals surface area contributed by atoms with Gasteiger partial charge in [-0.15, -0.1) is 0 Å². The summed E-state index contributed by atoms with van der Waals surface area (Å²) in [6.07, 6.45) is 3.45. The maximum Gasteiger partial charge on any atom is 0.335 e. The number of nitrogens with zero attached hydrogens (tertiary/aromatic N) is 2. The fraction of sp³-hybridized carbons (Fsp3) is 0.160. The van der Waals surface area contributed by atoms with Crippen LogP contribution >= 0.6 is 0 Å². The van der Waals surface area contributed by atoms with E-state index in [4.69, 9.17) is 5.11 Å². The number of aryl methyl sites for hydroxylation is 1. The second-order valence-corrected chi connectivity index (χ2v) is 7.27. The fourth-order valence-corrected chi connectivity index (χ4v) is 3.50. The van der Waals surface area contributed by atoms with E-state index < -0.39 is 5.97 Å². The molecular formula is C25H20N2O3. The van der Waals surface area contributed by atoms with Crippen LogP contribution in [0.5, 0.6) is 0 Å².